The zero-order valence-corrected chi connectivity index (χ0v) is 11.1. The van der Waals surface area contributed by atoms with E-state index in [0.717, 1.165) is 23.5 Å². The van der Waals surface area contributed by atoms with Gasteiger partial charge in [0, 0.05) is 23.0 Å². The van der Waals surface area contributed by atoms with E-state index in [9.17, 15) is 0 Å². The van der Waals surface area contributed by atoms with Crippen molar-refractivity contribution in [1.29, 1.82) is 0 Å². The quantitative estimate of drug-likeness (QED) is 0.857. The highest BCUT2D eigenvalue weighted by Gasteiger charge is 2.45. The minimum absolute atomic E-state index is 0.341. The van der Waals surface area contributed by atoms with Crippen molar-refractivity contribution in [3.8, 4) is 0 Å². The second-order valence-electron chi connectivity index (χ2n) is 5.76. The first-order valence-corrected chi connectivity index (χ1v) is 7.08. The van der Waals surface area contributed by atoms with E-state index in [4.69, 9.17) is 11.6 Å². The lowest BCUT2D eigenvalue weighted by Crippen LogP contribution is -2.50. The summed E-state index contributed by atoms with van der Waals surface area (Å²) < 4.78 is 0. The van der Waals surface area contributed by atoms with Gasteiger partial charge in [-0.05, 0) is 49.3 Å². The molecule has 0 spiro atoms. The first kappa shape index (κ1) is 11.6. The van der Waals surface area contributed by atoms with Gasteiger partial charge < -0.3 is 5.32 Å². The van der Waals surface area contributed by atoms with Gasteiger partial charge in [-0.15, -0.1) is 0 Å². The van der Waals surface area contributed by atoms with E-state index in [2.05, 4.69) is 30.4 Å². The molecule has 0 saturated heterocycles. The Labute approximate surface area is 109 Å². The van der Waals surface area contributed by atoms with Crippen LogP contribution in [0.15, 0.2) is 24.3 Å². The first-order chi connectivity index (χ1) is 8.21. The normalized spacial score (nSPS) is 32.2. The fourth-order valence-corrected chi connectivity index (χ4v) is 3.18. The third-order valence-electron chi connectivity index (χ3n) is 4.65. The maximum Gasteiger partial charge on any atom is 0.0408 e. The molecule has 1 nitrogen and oxygen atoms in total. The van der Waals surface area contributed by atoms with Crippen molar-refractivity contribution < 1.29 is 0 Å². The molecule has 0 heterocycles. The summed E-state index contributed by atoms with van der Waals surface area (Å²) in [6.07, 6.45) is 5.37. The van der Waals surface area contributed by atoms with Gasteiger partial charge in [0.25, 0.3) is 0 Å². The molecule has 0 amide bonds. The van der Waals surface area contributed by atoms with Crippen molar-refractivity contribution in [3.63, 3.8) is 0 Å². The summed E-state index contributed by atoms with van der Waals surface area (Å²) >= 11 is 6.13. The van der Waals surface area contributed by atoms with E-state index in [1.807, 2.05) is 6.07 Å². The van der Waals surface area contributed by atoms with Gasteiger partial charge in [0.1, 0.15) is 0 Å². The zero-order valence-electron chi connectivity index (χ0n) is 10.4. The Kier molecular flexibility index (Phi) is 2.92. The summed E-state index contributed by atoms with van der Waals surface area (Å²) in [6, 6.07) is 9.25. The molecule has 3 rings (SSSR count). The topological polar surface area (TPSA) is 12.0 Å². The minimum Gasteiger partial charge on any atom is -0.313 e. The van der Waals surface area contributed by atoms with E-state index >= 15 is 0 Å². The van der Waals surface area contributed by atoms with Crippen LogP contribution in [0.1, 0.15) is 38.2 Å². The monoisotopic (exact) mass is 249 g/mol. The van der Waals surface area contributed by atoms with Gasteiger partial charge in [0.15, 0.2) is 0 Å². The van der Waals surface area contributed by atoms with Gasteiger partial charge >= 0.3 is 0 Å². The van der Waals surface area contributed by atoms with E-state index in [1.165, 1.54) is 31.2 Å². The van der Waals surface area contributed by atoms with Crippen LogP contribution in [0.4, 0.5) is 0 Å². The van der Waals surface area contributed by atoms with Crippen LogP contribution >= 0.6 is 11.6 Å². The molecule has 2 saturated carbocycles. The molecule has 0 aliphatic heterocycles. The molecule has 1 aromatic carbocycles. The Morgan fingerprint density at radius 1 is 1.35 bits per heavy atom. The van der Waals surface area contributed by atoms with Crippen LogP contribution < -0.4 is 5.32 Å². The molecule has 17 heavy (non-hydrogen) atoms. The Morgan fingerprint density at radius 3 is 2.71 bits per heavy atom. The van der Waals surface area contributed by atoms with E-state index in [-0.39, 0.29) is 0 Å². The molecule has 2 aliphatic rings. The lowest BCUT2D eigenvalue weighted by Gasteiger charge is -2.49. The van der Waals surface area contributed by atoms with Crippen LogP contribution in [0.3, 0.4) is 0 Å². The van der Waals surface area contributed by atoms with Gasteiger partial charge in [0.05, 0.1) is 0 Å². The number of halogens is 1. The molecule has 2 fully saturated rings. The summed E-state index contributed by atoms with van der Waals surface area (Å²) in [5, 5.41) is 4.57. The maximum atomic E-state index is 6.13. The fraction of sp³-hybridized carbons (Fsp3) is 0.600. The van der Waals surface area contributed by atoms with E-state index in [0.29, 0.717) is 5.41 Å². The first-order valence-electron chi connectivity index (χ1n) is 6.70. The summed E-state index contributed by atoms with van der Waals surface area (Å²) in [6.45, 7) is 3.50. The summed E-state index contributed by atoms with van der Waals surface area (Å²) in [5.74, 6) is 0.771. The van der Waals surface area contributed by atoms with Crippen LogP contribution in [0.25, 0.3) is 0 Å². The third kappa shape index (κ3) is 2.11. The van der Waals surface area contributed by atoms with Gasteiger partial charge in [-0.1, -0.05) is 30.7 Å². The smallest absolute Gasteiger partial charge is 0.0408 e. The molecule has 2 atom stereocenters. The molecular weight excluding hydrogens is 230 g/mol. The van der Waals surface area contributed by atoms with Gasteiger partial charge in [-0.2, -0.15) is 0 Å². The number of hydrogen-bond donors (Lipinski definition) is 1. The van der Waals surface area contributed by atoms with Crippen molar-refractivity contribution in [2.24, 2.45) is 5.92 Å². The molecule has 1 N–H and O–H groups in total. The lowest BCUT2D eigenvalue weighted by molar-refractivity contribution is 0.133. The molecular formula is C15H20ClN. The summed E-state index contributed by atoms with van der Waals surface area (Å²) in [7, 11) is 0. The highest BCUT2D eigenvalue weighted by atomic mass is 35.5. The van der Waals surface area contributed by atoms with Crippen molar-refractivity contribution in [2.75, 3.05) is 6.54 Å². The average molecular weight is 250 g/mol. The highest BCUT2D eigenvalue weighted by molar-refractivity contribution is 6.30. The Balaban J connectivity index is 1.82. The van der Waals surface area contributed by atoms with Crippen molar-refractivity contribution >= 4 is 11.6 Å². The van der Waals surface area contributed by atoms with E-state index in [1.54, 1.807) is 0 Å². The zero-order chi connectivity index (χ0) is 11.9. The van der Waals surface area contributed by atoms with Crippen LogP contribution in [-0.4, -0.2) is 12.6 Å². The van der Waals surface area contributed by atoms with Crippen molar-refractivity contribution in [2.45, 2.75) is 44.1 Å². The Hall–Kier alpha value is -0.530. The molecule has 92 valence electrons. The summed E-state index contributed by atoms with van der Waals surface area (Å²) in [4.78, 5) is 0. The van der Waals surface area contributed by atoms with Crippen LogP contribution in [0.2, 0.25) is 5.02 Å². The fourth-order valence-electron chi connectivity index (χ4n) is 2.99. The molecule has 2 unspecified atom stereocenters. The number of benzene rings is 1. The SMILES string of the molecule is CC1CCC1(CNC1CC1)c1cccc(Cl)c1. The van der Waals surface area contributed by atoms with Crippen LogP contribution in [0, 0.1) is 5.92 Å². The molecule has 0 radical (unpaired) electrons. The minimum atomic E-state index is 0.341. The second kappa shape index (κ2) is 4.29. The summed E-state index contributed by atoms with van der Waals surface area (Å²) in [5.41, 5.74) is 1.77. The maximum absolute atomic E-state index is 6.13. The average Bonchev–Trinajstić information content (AvgIpc) is 3.12. The predicted octanol–water partition coefficient (Wildman–Crippen LogP) is 3.76. The lowest BCUT2D eigenvalue weighted by atomic mass is 9.57. The van der Waals surface area contributed by atoms with Crippen molar-refractivity contribution in [3.05, 3.63) is 34.9 Å². The predicted molar refractivity (Wildman–Crippen MR) is 72.6 cm³/mol. The third-order valence-corrected chi connectivity index (χ3v) is 4.88. The van der Waals surface area contributed by atoms with Crippen LogP contribution in [0.5, 0.6) is 0 Å². The Bertz CT molecular complexity index is 413. The van der Waals surface area contributed by atoms with Crippen LogP contribution in [-0.2, 0) is 5.41 Å². The highest BCUT2D eigenvalue weighted by Crippen LogP contribution is 2.48. The standard InChI is InChI=1S/C15H20ClN/c1-11-7-8-15(11,10-17-14-5-6-14)12-3-2-4-13(16)9-12/h2-4,9,11,14,17H,5-8,10H2,1H3. The van der Waals surface area contributed by atoms with Gasteiger partial charge in [0.2, 0.25) is 0 Å². The van der Waals surface area contributed by atoms with Crippen molar-refractivity contribution in [1.82, 2.24) is 5.32 Å². The molecule has 2 heteroatoms. The number of hydrogen-bond acceptors (Lipinski definition) is 1. The second-order valence-corrected chi connectivity index (χ2v) is 6.20. The largest absolute Gasteiger partial charge is 0.313 e. The van der Waals surface area contributed by atoms with E-state index < -0.39 is 0 Å². The number of nitrogens with one attached hydrogen (secondary N) is 1. The number of rotatable bonds is 4. The molecule has 2 aliphatic carbocycles. The molecule has 0 aromatic heterocycles. The van der Waals surface area contributed by atoms with Gasteiger partial charge in [-0.25, -0.2) is 0 Å². The molecule has 0 bridgehead atoms. The molecule has 1 aromatic rings. The van der Waals surface area contributed by atoms with Gasteiger partial charge in [-0.3, -0.25) is 0 Å². The Morgan fingerprint density at radius 2 is 2.18 bits per heavy atom.